The van der Waals surface area contributed by atoms with Crippen molar-refractivity contribution in [3.05, 3.63) is 0 Å². The molecule has 206 valence electrons. The minimum Gasteiger partial charge on any atom is -0.234 e. The first-order valence-electron chi connectivity index (χ1n) is 7.58. The maximum absolute atomic E-state index is 13.6. The first-order valence-corrected chi connectivity index (χ1v) is 11.6. The number of hydrogen-bond donors (Lipinski definition) is 0. The highest BCUT2D eigenvalue weighted by atomic mass is 35.6. The van der Waals surface area contributed by atoms with E-state index in [0.29, 0.717) is 0 Å². The minimum atomic E-state index is -8.98. The summed E-state index contributed by atoms with van der Waals surface area (Å²) < 4.78 is 262. The van der Waals surface area contributed by atoms with Gasteiger partial charge in [-0.1, -0.05) is 13.1 Å². The molecule has 34 heavy (non-hydrogen) atoms. The van der Waals surface area contributed by atoms with Crippen LogP contribution in [0, 0.1) is 0 Å². The SMILES string of the molecule is C[Si](C)(Cl)C(F)(F)C(F)C(F)(F)C(F)(F)C(F)(F)C(F)(F)C(F)(F)C(F)(F)C(F)(F)C(F)(F)F. The molecule has 0 saturated carbocycles. The topological polar surface area (TPSA) is 0 Å². The first kappa shape index (κ1) is 33.1. The van der Waals surface area contributed by atoms with Crippen LogP contribution in [-0.2, 0) is 0 Å². The van der Waals surface area contributed by atoms with Crippen molar-refractivity contribution < 1.29 is 87.8 Å². The molecule has 0 nitrogen and oxygen atoms in total. The van der Waals surface area contributed by atoms with E-state index in [1.165, 1.54) is 0 Å². The van der Waals surface area contributed by atoms with E-state index >= 15 is 0 Å². The van der Waals surface area contributed by atoms with Crippen LogP contribution in [-0.4, -0.2) is 66.7 Å². The summed E-state index contributed by atoms with van der Waals surface area (Å²) in [6.07, 6.45) is -13.9. The van der Waals surface area contributed by atoms with Crippen LogP contribution >= 0.6 is 11.1 Å². The fourth-order valence-corrected chi connectivity index (χ4v) is 2.94. The van der Waals surface area contributed by atoms with Crippen LogP contribution in [0.25, 0.3) is 0 Å². The van der Waals surface area contributed by atoms with E-state index in [2.05, 4.69) is 0 Å². The Bertz CT molecular complexity index is 746. The lowest BCUT2D eigenvalue weighted by atomic mass is 9.88. The predicted octanol–water partition coefficient (Wildman–Crippen LogP) is 7.95. The Morgan fingerprint density at radius 3 is 0.941 bits per heavy atom. The normalized spacial score (nSPS) is 17.7. The average molecular weight is 595 g/mol. The molecule has 1 unspecified atom stereocenters. The van der Waals surface area contributed by atoms with Crippen molar-refractivity contribution in [2.75, 3.05) is 0 Å². The zero-order valence-electron chi connectivity index (χ0n) is 15.5. The average Bonchev–Trinajstić information content (AvgIpc) is 2.57. The van der Waals surface area contributed by atoms with E-state index in [1.807, 2.05) is 0 Å². The molecule has 0 saturated heterocycles. The molecule has 0 aliphatic heterocycles. The minimum absolute atomic E-state index is 0.00995. The molecule has 0 radical (unpaired) electrons. The van der Waals surface area contributed by atoms with Crippen molar-refractivity contribution >= 4 is 18.5 Å². The van der Waals surface area contributed by atoms with Gasteiger partial charge >= 0.3 is 47.6 Å². The van der Waals surface area contributed by atoms with Gasteiger partial charge in [0.25, 0.3) is 5.55 Å². The number of alkyl halides is 20. The molecule has 0 heterocycles. The lowest BCUT2D eigenvalue weighted by molar-refractivity contribution is -0.464. The van der Waals surface area contributed by atoms with Gasteiger partial charge in [-0.2, -0.15) is 85.7 Å². The fourth-order valence-electron chi connectivity index (χ4n) is 1.86. The van der Waals surface area contributed by atoms with E-state index in [4.69, 9.17) is 11.1 Å². The summed E-state index contributed by atoms with van der Waals surface area (Å²) in [5, 5.41) is 0. The smallest absolute Gasteiger partial charge is 0.234 e. The first-order chi connectivity index (χ1) is 14.2. The maximum atomic E-state index is 13.6. The summed E-state index contributed by atoms with van der Waals surface area (Å²) in [5.41, 5.74) is -5.96. The summed E-state index contributed by atoms with van der Waals surface area (Å²) >= 11 is 4.83. The summed E-state index contributed by atoms with van der Waals surface area (Å²) in [6, 6.07) is 0. The lowest BCUT2D eigenvalue weighted by Crippen LogP contribution is -2.76. The molecule has 0 bridgehead atoms. The molecule has 22 heteroatoms. The Morgan fingerprint density at radius 2 is 0.706 bits per heavy atom. The molecule has 0 aromatic rings. The second-order valence-corrected chi connectivity index (χ2v) is 13.5. The quantitative estimate of drug-likeness (QED) is 0.144. The molecule has 0 amide bonds. The van der Waals surface area contributed by atoms with Crippen LogP contribution in [0.3, 0.4) is 0 Å². The van der Waals surface area contributed by atoms with Crippen LogP contribution in [0.15, 0.2) is 0 Å². The van der Waals surface area contributed by atoms with Crippen molar-refractivity contribution in [1.82, 2.24) is 0 Å². The van der Waals surface area contributed by atoms with Gasteiger partial charge in [-0.25, -0.2) is 13.2 Å². The highest BCUT2D eigenvalue weighted by molar-refractivity contribution is 7.20. The van der Waals surface area contributed by atoms with E-state index in [0.717, 1.165) is 0 Å². The van der Waals surface area contributed by atoms with E-state index in [9.17, 15) is 87.8 Å². The van der Waals surface area contributed by atoms with Crippen LogP contribution in [0.5, 0.6) is 0 Å². The summed E-state index contributed by atoms with van der Waals surface area (Å²) in [7, 11) is -5.33. The fraction of sp³-hybridized carbons (Fsp3) is 1.00. The summed E-state index contributed by atoms with van der Waals surface area (Å²) in [4.78, 5) is 0. The number of rotatable bonds is 9. The third-order valence-corrected chi connectivity index (χ3v) is 6.77. The third kappa shape index (κ3) is 4.08. The van der Waals surface area contributed by atoms with Gasteiger partial charge in [0.1, 0.15) is 0 Å². The van der Waals surface area contributed by atoms with Crippen molar-refractivity contribution in [1.29, 1.82) is 0 Å². The Labute approximate surface area is 179 Å². The second kappa shape index (κ2) is 8.05. The van der Waals surface area contributed by atoms with Gasteiger partial charge in [-0.15, -0.1) is 0 Å². The lowest BCUT2D eigenvalue weighted by Gasteiger charge is -2.44. The van der Waals surface area contributed by atoms with E-state index in [-0.39, 0.29) is 13.1 Å². The number of halogens is 21. The van der Waals surface area contributed by atoms with Crippen LogP contribution in [0.1, 0.15) is 0 Å². The van der Waals surface area contributed by atoms with Crippen molar-refractivity contribution in [2.24, 2.45) is 0 Å². The van der Waals surface area contributed by atoms with Gasteiger partial charge < -0.3 is 0 Å². The largest absolute Gasteiger partial charge is 0.460 e. The van der Waals surface area contributed by atoms with Crippen LogP contribution in [0.4, 0.5) is 87.8 Å². The molecular formula is C12H7ClF20Si. The Morgan fingerprint density at radius 1 is 0.471 bits per heavy atom. The Balaban J connectivity index is 6.96. The molecule has 0 fully saturated rings. The highest BCUT2D eigenvalue weighted by Gasteiger charge is 2.96. The molecule has 0 aromatic carbocycles. The van der Waals surface area contributed by atoms with Gasteiger partial charge in [0.05, 0.1) is 0 Å². The second-order valence-electron chi connectivity index (χ2n) is 7.03. The van der Waals surface area contributed by atoms with Gasteiger partial charge in [0, 0.05) is 0 Å². The third-order valence-electron chi connectivity index (χ3n) is 4.18. The summed E-state index contributed by atoms with van der Waals surface area (Å²) in [5.74, 6) is -60.3. The zero-order valence-corrected chi connectivity index (χ0v) is 17.3. The van der Waals surface area contributed by atoms with Gasteiger partial charge in [-0.3, -0.25) is 0 Å². The molecule has 0 aliphatic rings. The van der Waals surface area contributed by atoms with Crippen molar-refractivity contribution in [3.63, 3.8) is 0 Å². The van der Waals surface area contributed by atoms with Gasteiger partial charge in [0.15, 0.2) is 0 Å². The van der Waals surface area contributed by atoms with Gasteiger partial charge in [0.2, 0.25) is 13.6 Å². The van der Waals surface area contributed by atoms with Gasteiger partial charge in [-0.05, 0) is 0 Å². The van der Waals surface area contributed by atoms with E-state index in [1.54, 1.807) is 0 Å². The van der Waals surface area contributed by atoms with Crippen LogP contribution in [0.2, 0.25) is 13.1 Å². The van der Waals surface area contributed by atoms with E-state index < -0.39 is 66.7 Å². The van der Waals surface area contributed by atoms with Crippen molar-refractivity contribution in [3.8, 4) is 0 Å². The molecule has 0 aliphatic carbocycles. The maximum Gasteiger partial charge on any atom is 0.460 e. The highest BCUT2D eigenvalue weighted by Crippen LogP contribution is 2.65. The standard InChI is InChI=1S/C12H7ClF20Si/c1-34(2,13)5(17,18)3(14)4(15,16)6(19,20)7(21,22)8(23,24)9(25,26)10(27,28)11(29,30)12(31,32)33/h3H,1-2H3. The zero-order chi connectivity index (χ0) is 28.6. The molecule has 0 N–H and O–H groups in total. The summed E-state index contributed by atoms with van der Waals surface area (Å²) in [6.45, 7) is 0.0199. The monoisotopic (exact) mass is 594 g/mol. The molecule has 0 aromatic heterocycles. The molecule has 0 spiro atoms. The van der Waals surface area contributed by atoms with Crippen LogP contribution < -0.4 is 0 Å². The molecule has 0 rings (SSSR count). The van der Waals surface area contributed by atoms with Crippen molar-refractivity contribution in [2.45, 2.75) is 72.4 Å². The predicted molar refractivity (Wildman–Crippen MR) is 73.9 cm³/mol. The Hall–Kier alpha value is -0.893. The Kier molecular flexibility index (Phi) is 7.84. The number of hydrogen-bond acceptors (Lipinski definition) is 0. The molecule has 1 atom stereocenters. The molecular weight excluding hydrogens is 588 g/mol.